The van der Waals surface area contributed by atoms with Crippen molar-refractivity contribution in [1.82, 2.24) is 15.1 Å². The summed E-state index contributed by atoms with van der Waals surface area (Å²) in [6, 6.07) is 20.9. The molecule has 0 spiro atoms. The average molecular weight is 607 g/mol. The number of carbonyl (C=O) groups is 1. The van der Waals surface area contributed by atoms with Crippen LogP contribution in [-0.2, 0) is 12.4 Å². The molecule has 3 aromatic carbocycles. The van der Waals surface area contributed by atoms with Crippen LogP contribution in [-0.4, -0.2) is 61.0 Å². The van der Waals surface area contributed by atoms with Gasteiger partial charge < -0.3 is 16.0 Å². The predicted molar refractivity (Wildman–Crippen MR) is 153 cm³/mol. The van der Waals surface area contributed by atoms with Gasteiger partial charge in [0.1, 0.15) is 0 Å². The maximum atomic E-state index is 13.3. The second-order valence-corrected chi connectivity index (χ2v) is 10.9. The third kappa shape index (κ3) is 8.58. The number of hydrogen-bond donors (Lipinski definition) is 2. The highest BCUT2D eigenvalue weighted by Gasteiger charge is 2.40. The van der Waals surface area contributed by atoms with E-state index < -0.39 is 35.0 Å². The molecule has 0 aliphatic carbocycles. The zero-order valence-corrected chi connectivity index (χ0v) is 23.8. The minimum atomic E-state index is -5.00. The first-order valence-corrected chi connectivity index (χ1v) is 14.2. The zero-order chi connectivity index (χ0) is 31.2. The lowest BCUT2D eigenvalue weighted by molar-refractivity contribution is -0.143. The van der Waals surface area contributed by atoms with E-state index in [0.717, 1.165) is 31.7 Å². The molecular weight excluding hydrogens is 570 g/mol. The zero-order valence-electron chi connectivity index (χ0n) is 23.8. The quantitative estimate of drug-likeness (QED) is 0.341. The highest BCUT2D eigenvalue weighted by molar-refractivity contribution is 5.95. The number of piperidine rings is 1. The van der Waals surface area contributed by atoms with E-state index in [1.54, 1.807) is 0 Å². The second kappa shape index (κ2) is 13.9. The van der Waals surface area contributed by atoms with Crippen molar-refractivity contribution in [3.05, 3.63) is 107 Å². The molecular formula is C32H36F6N4O. The maximum Gasteiger partial charge on any atom is 0.416 e. The van der Waals surface area contributed by atoms with Crippen LogP contribution in [0, 0.1) is 0 Å². The molecule has 3 atom stereocenters. The number of nitrogens with one attached hydrogen (secondary N) is 1. The van der Waals surface area contributed by atoms with Crippen LogP contribution in [0.1, 0.15) is 57.9 Å². The molecule has 1 unspecified atom stereocenters. The number of carbonyl (C=O) groups excluding carboxylic acids is 1. The Morgan fingerprint density at radius 1 is 0.837 bits per heavy atom. The van der Waals surface area contributed by atoms with Crippen molar-refractivity contribution >= 4 is 5.91 Å². The van der Waals surface area contributed by atoms with Gasteiger partial charge in [-0.3, -0.25) is 9.69 Å². The molecule has 43 heavy (non-hydrogen) atoms. The summed E-state index contributed by atoms with van der Waals surface area (Å²) in [6.45, 7) is 5.81. The Balaban J connectivity index is 0.000000403. The maximum absolute atomic E-state index is 13.3. The molecule has 5 rings (SSSR count). The Morgan fingerprint density at radius 2 is 1.37 bits per heavy atom. The van der Waals surface area contributed by atoms with E-state index in [9.17, 15) is 31.1 Å². The lowest BCUT2D eigenvalue weighted by Crippen LogP contribution is -2.55. The van der Waals surface area contributed by atoms with E-state index in [4.69, 9.17) is 5.73 Å². The smallest absolute Gasteiger partial charge is 0.338 e. The minimum Gasteiger partial charge on any atom is -0.338 e. The molecule has 0 bridgehead atoms. The van der Waals surface area contributed by atoms with Gasteiger partial charge in [-0.25, -0.2) is 0 Å². The second-order valence-electron chi connectivity index (χ2n) is 10.9. The Morgan fingerprint density at radius 3 is 1.86 bits per heavy atom. The van der Waals surface area contributed by atoms with Gasteiger partial charge in [-0.2, -0.15) is 26.3 Å². The molecule has 0 aromatic heterocycles. The molecule has 2 saturated heterocycles. The number of nitrogens with zero attached hydrogens (tertiary/aromatic N) is 2. The van der Waals surface area contributed by atoms with Crippen molar-refractivity contribution in [2.45, 2.75) is 43.7 Å². The van der Waals surface area contributed by atoms with Crippen LogP contribution in [0.4, 0.5) is 26.3 Å². The van der Waals surface area contributed by atoms with Crippen LogP contribution in [0.3, 0.4) is 0 Å². The number of halogens is 6. The third-order valence-electron chi connectivity index (χ3n) is 7.87. The topological polar surface area (TPSA) is 61.6 Å². The van der Waals surface area contributed by atoms with Crippen LogP contribution in [0.5, 0.6) is 0 Å². The number of likely N-dealkylation sites (tertiary alicyclic amines) is 1. The van der Waals surface area contributed by atoms with Gasteiger partial charge in [-0.15, -0.1) is 0 Å². The summed E-state index contributed by atoms with van der Waals surface area (Å²) in [4.78, 5) is 16.9. The van der Waals surface area contributed by atoms with Crippen LogP contribution in [0.15, 0.2) is 78.9 Å². The van der Waals surface area contributed by atoms with Crippen LogP contribution in [0.25, 0.3) is 0 Å². The molecule has 3 N–H and O–H groups in total. The van der Waals surface area contributed by atoms with Gasteiger partial charge in [0, 0.05) is 62.8 Å². The van der Waals surface area contributed by atoms with E-state index in [2.05, 4.69) is 10.2 Å². The number of benzene rings is 3. The van der Waals surface area contributed by atoms with Gasteiger partial charge in [0.2, 0.25) is 0 Å². The minimum absolute atomic E-state index is 0.0418. The third-order valence-corrected chi connectivity index (χ3v) is 7.87. The van der Waals surface area contributed by atoms with E-state index in [1.807, 2.05) is 67.6 Å². The van der Waals surface area contributed by atoms with E-state index in [0.29, 0.717) is 18.6 Å². The first kappa shape index (κ1) is 32.5. The van der Waals surface area contributed by atoms with Gasteiger partial charge in [0.15, 0.2) is 0 Å². The summed E-state index contributed by atoms with van der Waals surface area (Å²) in [7, 11) is 0. The fraction of sp³-hybridized carbons (Fsp3) is 0.406. The van der Waals surface area contributed by atoms with E-state index in [-0.39, 0.29) is 37.2 Å². The summed E-state index contributed by atoms with van der Waals surface area (Å²) >= 11 is 0. The standard InChI is InChI=1S/C24H25F6N3O.C8H11N/c25-23(26,27)18-12-17(13-19(14-18)24(28,29)30)22(34)33-9-6-21(32-10-7-31-8-11-32)20(15-33)16-4-2-1-3-5-16;1-7(9)8-5-3-2-4-6-8/h1-5,12-14,20-21,31H,6-11,15H2;2-7H,9H2,1H3/t20-,21-;/m0./s1. The van der Waals surface area contributed by atoms with Gasteiger partial charge in [0.25, 0.3) is 5.91 Å². The lowest BCUT2D eigenvalue weighted by Gasteiger charge is -2.45. The molecule has 232 valence electrons. The molecule has 0 radical (unpaired) electrons. The molecule has 2 heterocycles. The number of rotatable bonds is 4. The van der Waals surface area contributed by atoms with Crippen LogP contribution < -0.4 is 11.1 Å². The van der Waals surface area contributed by atoms with Crippen molar-refractivity contribution in [2.24, 2.45) is 5.73 Å². The molecule has 1 amide bonds. The Hall–Kier alpha value is -3.41. The predicted octanol–water partition coefficient (Wildman–Crippen LogP) is 6.33. The summed E-state index contributed by atoms with van der Waals surface area (Å²) < 4.78 is 79.7. The average Bonchev–Trinajstić information content (AvgIpc) is 3.01. The van der Waals surface area contributed by atoms with Crippen molar-refractivity contribution in [1.29, 1.82) is 0 Å². The highest BCUT2D eigenvalue weighted by atomic mass is 19.4. The molecule has 11 heteroatoms. The van der Waals surface area contributed by atoms with Crippen molar-refractivity contribution in [3.8, 4) is 0 Å². The lowest BCUT2D eigenvalue weighted by atomic mass is 9.84. The largest absolute Gasteiger partial charge is 0.416 e. The summed E-state index contributed by atoms with van der Waals surface area (Å²) in [5.41, 5.74) is 4.22. The normalized spacial score (nSPS) is 20.6. The molecule has 5 nitrogen and oxygen atoms in total. The molecule has 0 saturated carbocycles. The number of amides is 1. The van der Waals surface area contributed by atoms with Crippen molar-refractivity contribution in [2.75, 3.05) is 39.3 Å². The number of nitrogens with two attached hydrogens (primary N) is 1. The number of alkyl halides is 6. The summed E-state index contributed by atoms with van der Waals surface area (Å²) in [6.07, 6.45) is -9.42. The van der Waals surface area contributed by atoms with Gasteiger partial charge in [0.05, 0.1) is 11.1 Å². The molecule has 2 fully saturated rings. The molecule has 2 aliphatic heterocycles. The number of piperazine rings is 1. The SMILES string of the molecule is CC(N)c1ccccc1.O=C(c1cc(C(F)(F)F)cc(C(F)(F)F)c1)N1CC[C@H](N2CCNCC2)[C@H](c2ccccc2)C1. The van der Waals surface area contributed by atoms with Crippen LogP contribution in [0.2, 0.25) is 0 Å². The first-order valence-electron chi connectivity index (χ1n) is 14.2. The monoisotopic (exact) mass is 606 g/mol. The molecule has 2 aliphatic rings. The first-order chi connectivity index (χ1) is 20.3. The Labute approximate surface area is 247 Å². The van der Waals surface area contributed by atoms with Crippen LogP contribution >= 0.6 is 0 Å². The fourth-order valence-corrected chi connectivity index (χ4v) is 5.62. The van der Waals surface area contributed by atoms with Gasteiger partial charge >= 0.3 is 12.4 Å². The fourth-order valence-electron chi connectivity index (χ4n) is 5.62. The summed E-state index contributed by atoms with van der Waals surface area (Å²) in [5, 5.41) is 3.30. The van der Waals surface area contributed by atoms with Gasteiger partial charge in [-0.05, 0) is 42.7 Å². The Bertz CT molecular complexity index is 1290. The van der Waals surface area contributed by atoms with Crippen molar-refractivity contribution < 1.29 is 31.1 Å². The molecule has 3 aromatic rings. The highest BCUT2D eigenvalue weighted by Crippen LogP contribution is 2.37. The number of hydrogen-bond acceptors (Lipinski definition) is 4. The van der Waals surface area contributed by atoms with Crippen molar-refractivity contribution in [3.63, 3.8) is 0 Å². The summed E-state index contributed by atoms with van der Waals surface area (Å²) in [5.74, 6) is -0.929. The van der Waals surface area contributed by atoms with E-state index in [1.165, 1.54) is 10.5 Å². The Kier molecular flexibility index (Phi) is 10.5. The van der Waals surface area contributed by atoms with E-state index >= 15 is 0 Å². The van der Waals surface area contributed by atoms with Gasteiger partial charge in [-0.1, -0.05) is 60.7 Å².